The van der Waals surface area contributed by atoms with Gasteiger partial charge in [-0.3, -0.25) is 19.3 Å². The first-order chi connectivity index (χ1) is 14.1. The first-order valence-electron chi connectivity index (χ1n) is 10.4. The highest BCUT2D eigenvalue weighted by molar-refractivity contribution is 6.04. The summed E-state index contributed by atoms with van der Waals surface area (Å²) in [4.78, 5) is 37.3. The lowest BCUT2D eigenvalue weighted by Gasteiger charge is -2.22. The first kappa shape index (κ1) is 19.4. The Labute approximate surface area is 171 Å². The number of carbonyl (C=O) groups is 3. The van der Waals surface area contributed by atoms with E-state index in [1.54, 1.807) is 12.1 Å². The summed E-state index contributed by atoms with van der Waals surface area (Å²) in [6, 6.07) is 15.2. The summed E-state index contributed by atoms with van der Waals surface area (Å²) in [5.41, 5.74) is 3.52. The van der Waals surface area contributed by atoms with Crippen LogP contribution in [0, 0.1) is 0 Å². The molecule has 29 heavy (non-hydrogen) atoms. The Morgan fingerprint density at radius 2 is 1.48 bits per heavy atom. The highest BCUT2D eigenvalue weighted by atomic mass is 16.2. The van der Waals surface area contributed by atoms with E-state index in [-0.39, 0.29) is 24.3 Å². The van der Waals surface area contributed by atoms with Crippen LogP contribution in [0.2, 0.25) is 0 Å². The molecule has 2 aromatic rings. The molecule has 150 valence electrons. The van der Waals surface area contributed by atoms with E-state index in [1.807, 2.05) is 24.3 Å². The summed E-state index contributed by atoms with van der Waals surface area (Å²) in [7, 11) is 0. The van der Waals surface area contributed by atoms with Gasteiger partial charge in [-0.2, -0.15) is 0 Å². The topological polar surface area (TPSA) is 66.5 Å². The Balaban J connectivity index is 1.35. The van der Waals surface area contributed by atoms with Gasteiger partial charge in [-0.1, -0.05) is 43.5 Å². The standard InChI is InChI=1S/C24H26N2O3/c27-22-14-15-23(28)26(22)16-17-6-12-21(13-7-17)25-24(29)20-10-8-19(9-11-20)18-4-2-1-3-5-18/h6-13,18H,1-5,14-16H2,(H,25,29). The molecule has 0 spiro atoms. The molecule has 0 atom stereocenters. The largest absolute Gasteiger partial charge is 0.322 e. The van der Waals surface area contributed by atoms with Crippen molar-refractivity contribution in [2.75, 3.05) is 5.32 Å². The summed E-state index contributed by atoms with van der Waals surface area (Å²) in [5, 5.41) is 2.91. The van der Waals surface area contributed by atoms with E-state index in [1.165, 1.54) is 42.6 Å². The normalized spacial score (nSPS) is 17.6. The molecule has 0 radical (unpaired) electrons. The van der Waals surface area contributed by atoms with E-state index in [2.05, 4.69) is 17.4 Å². The summed E-state index contributed by atoms with van der Waals surface area (Å²) in [5.74, 6) is 0.244. The van der Waals surface area contributed by atoms with Crippen LogP contribution in [0.5, 0.6) is 0 Å². The number of benzene rings is 2. The number of nitrogens with one attached hydrogen (secondary N) is 1. The van der Waals surface area contributed by atoms with Crippen molar-refractivity contribution in [2.24, 2.45) is 0 Å². The number of hydrogen-bond acceptors (Lipinski definition) is 3. The van der Waals surface area contributed by atoms with Gasteiger partial charge >= 0.3 is 0 Å². The molecule has 0 bridgehead atoms. The van der Waals surface area contributed by atoms with Crippen LogP contribution in [0.1, 0.15) is 72.3 Å². The third kappa shape index (κ3) is 4.56. The molecule has 1 heterocycles. The maximum absolute atomic E-state index is 12.5. The molecule has 1 aliphatic heterocycles. The fourth-order valence-corrected chi connectivity index (χ4v) is 4.22. The molecule has 4 rings (SSSR count). The lowest BCUT2D eigenvalue weighted by molar-refractivity contribution is -0.139. The summed E-state index contributed by atoms with van der Waals surface area (Å²) in [6.07, 6.45) is 7.00. The van der Waals surface area contributed by atoms with Gasteiger partial charge in [0.15, 0.2) is 0 Å². The van der Waals surface area contributed by atoms with E-state index in [4.69, 9.17) is 0 Å². The zero-order chi connectivity index (χ0) is 20.2. The Morgan fingerprint density at radius 3 is 2.10 bits per heavy atom. The molecule has 1 aliphatic carbocycles. The molecule has 1 N–H and O–H groups in total. The van der Waals surface area contributed by atoms with Crippen LogP contribution in [-0.4, -0.2) is 22.6 Å². The van der Waals surface area contributed by atoms with E-state index in [0.717, 1.165) is 5.56 Å². The average molecular weight is 390 g/mol. The molecule has 0 aromatic heterocycles. The molecule has 0 unspecified atom stereocenters. The molecule has 2 fully saturated rings. The van der Waals surface area contributed by atoms with Crippen LogP contribution in [0.4, 0.5) is 5.69 Å². The summed E-state index contributed by atoms with van der Waals surface area (Å²) >= 11 is 0. The smallest absolute Gasteiger partial charge is 0.255 e. The van der Waals surface area contributed by atoms with Crippen molar-refractivity contribution in [1.29, 1.82) is 0 Å². The van der Waals surface area contributed by atoms with Gasteiger partial charge in [0, 0.05) is 24.1 Å². The van der Waals surface area contributed by atoms with E-state index >= 15 is 0 Å². The van der Waals surface area contributed by atoms with Crippen molar-refractivity contribution >= 4 is 23.4 Å². The maximum atomic E-state index is 12.5. The maximum Gasteiger partial charge on any atom is 0.255 e. The molecule has 5 heteroatoms. The van der Waals surface area contributed by atoms with Gasteiger partial charge in [0.2, 0.25) is 11.8 Å². The molecule has 2 aromatic carbocycles. The van der Waals surface area contributed by atoms with Crippen molar-refractivity contribution in [3.8, 4) is 0 Å². The summed E-state index contributed by atoms with van der Waals surface area (Å²) < 4.78 is 0. The van der Waals surface area contributed by atoms with Crippen LogP contribution in [0.3, 0.4) is 0 Å². The van der Waals surface area contributed by atoms with Gasteiger partial charge in [0.1, 0.15) is 0 Å². The van der Waals surface area contributed by atoms with Crippen molar-refractivity contribution < 1.29 is 14.4 Å². The number of anilines is 1. The molecule has 2 aliphatic rings. The third-order valence-corrected chi connectivity index (χ3v) is 5.96. The third-order valence-electron chi connectivity index (χ3n) is 5.96. The van der Waals surface area contributed by atoms with Gasteiger partial charge in [-0.25, -0.2) is 0 Å². The monoisotopic (exact) mass is 390 g/mol. The van der Waals surface area contributed by atoms with Gasteiger partial charge in [-0.05, 0) is 54.2 Å². The Hall–Kier alpha value is -2.95. The van der Waals surface area contributed by atoms with Crippen LogP contribution in [0.15, 0.2) is 48.5 Å². The minimum absolute atomic E-state index is 0.121. The van der Waals surface area contributed by atoms with E-state index in [0.29, 0.717) is 30.0 Å². The highest BCUT2D eigenvalue weighted by Gasteiger charge is 2.28. The minimum Gasteiger partial charge on any atom is -0.322 e. The zero-order valence-corrected chi connectivity index (χ0v) is 16.5. The predicted molar refractivity (Wildman–Crippen MR) is 111 cm³/mol. The average Bonchev–Trinajstić information content (AvgIpc) is 3.08. The van der Waals surface area contributed by atoms with Gasteiger partial charge in [0.25, 0.3) is 5.91 Å². The van der Waals surface area contributed by atoms with Crippen LogP contribution in [-0.2, 0) is 16.1 Å². The fraction of sp³-hybridized carbons (Fsp3) is 0.375. The number of amides is 3. The molecular formula is C24H26N2O3. The molecular weight excluding hydrogens is 364 g/mol. The Morgan fingerprint density at radius 1 is 0.862 bits per heavy atom. The quantitative estimate of drug-likeness (QED) is 0.757. The zero-order valence-electron chi connectivity index (χ0n) is 16.5. The van der Waals surface area contributed by atoms with Crippen molar-refractivity contribution in [1.82, 2.24) is 4.90 Å². The molecule has 5 nitrogen and oxygen atoms in total. The fourth-order valence-electron chi connectivity index (χ4n) is 4.22. The second-order valence-electron chi connectivity index (χ2n) is 7.98. The molecule has 1 saturated heterocycles. The van der Waals surface area contributed by atoms with Crippen molar-refractivity contribution in [3.63, 3.8) is 0 Å². The lowest BCUT2D eigenvalue weighted by atomic mass is 9.84. The van der Waals surface area contributed by atoms with Gasteiger partial charge < -0.3 is 5.32 Å². The van der Waals surface area contributed by atoms with Crippen LogP contribution in [0.25, 0.3) is 0 Å². The Bertz CT molecular complexity index is 881. The lowest BCUT2D eigenvalue weighted by Crippen LogP contribution is -2.28. The SMILES string of the molecule is O=C(Nc1ccc(CN2C(=O)CCC2=O)cc1)c1ccc(C2CCCCC2)cc1. The van der Waals surface area contributed by atoms with Crippen LogP contribution >= 0.6 is 0 Å². The second-order valence-corrected chi connectivity index (χ2v) is 7.98. The molecule has 1 saturated carbocycles. The molecule has 3 amide bonds. The van der Waals surface area contributed by atoms with E-state index in [9.17, 15) is 14.4 Å². The second kappa shape index (κ2) is 8.60. The number of carbonyl (C=O) groups excluding carboxylic acids is 3. The summed E-state index contributed by atoms with van der Waals surface area (Å²) in [6.45, 7) is 0.286. The van der Waals surface area contributed by atoms with Gasteiger partial charge in [0.05, 0.1) is 6.54 Å². The predicted octanol–water partition coefficient (Wildman–Crippen LogP) is 4.64. The number of likely N-dealkylation sites (tertiary alicyclic amines) is 1. The Kier molecular flexibility index (Phi) is 5.74. The highest BCUT2D eigenvalue weighted by Crippen LogP contribution is 2.32. The van der Waals surface area contributed by atoms with Gasteiger partial charge in [-0.15, -0.1) is 0 Å². The van der Waals surface area contributed by atoms with Crippen LogP contribution < -0.4 is 5.32 Å². The number of rotatable bonds is 5. The van der Waals surface area contributed by atoms with E-state index < -0.39 is 0 Å². The first-order valence-corrected chi connectivity index (χ1v) is 10.4. The van der Waals surface area contributed by atoms with Crippen molar-refractivity contribution in [2.45, 2.75) is 57.4 Å². The number of imide groups is 1. The number of hydrogen-bond donors (Lipinski definition) is 1. The van der Waals surface area contributed by atoms with Crippen molar-refractivity contribution in [3.05, 3.63) is 65.2 Å². The number of nitrogens with zero attached hydrogens (tertiary/aromatic N) is 1. The minimum atomic E-state index is -0.141.